The van der Waals surface area contributed by atoms with Crippen molar-refractivity contribution in [2.24, 2.45) is 0 Å². The number of pyridine rings is 1. The van der Waals surface area contributed by atoms with Crippen LogP contribution in [0, 0.1) is 5.82 Å². The van der Waals surface area contributed by atoms with E-state index in [1.165, 1.54) is 12.8 Å². The van der Waals surface area contributed by atoms with Crippen LogP contribution in [0.2, 0.25) is 0 Å². The first-order valence-electron chi connectivity index (χ1n) is 9.23. The molecule has 3 aromatic rings. The van der Waals surface area contributed by atoms with Crippen molar-refractivity contribution in [3.05, 3.63) is 35.1 Å². The Morgan fingerprint density at radius 2 is 2.19 bits per heavy atom. The molecule has 142 valence electrons. The van der Waals surface area contributed by atoms with E-state index in [9.17, 15) is 4.39 Å². The molecular weight excluding hydrogens is 411 g/mol. The van der Waals surface area contributed by atoms with Crippen molar-refractivity contribution in [3.63, 3.8) is 0 Å². The summed E-state index contributed by atoms with van der Waals surface area (Å²) < 4.78 is 17.4. The molecule has 1 aliphatic rings. The second kappa shape index (κ2) is 7.52. The third-order valence-corrected chi connectivity index (χ3v) is 5.61. The van der Waals surface area contributed by atoms with Gasteiger partial charge in [-0.25, -0.2) is 19.3 Å². The molecule has 27 heavy (non-hydrogen) atoms. The van der Waals surface area contributed by atoms with Crippen molar-refractivity contribution >= 4 is 32.8 Å². The number of likely N-dealkylation sites (tertiary alicyclic amines) is 1. The van der Waals surface area contributed by atoms with Crippen LogP contribution >= 0.6 is 15.9 Å². The van der Waals surface area contributed by atoms with Gasteiger partial charge in [-0.3, -0.25) is 0 Å². The van der Waals surface area contributed by atoms with Crippen LogP contribution < -0.4 is 5.73 Å². The quantitative estimate of drug-likeness (QED) is 0.616. The number of aromatic nitrogens is 4. The zero-order valence-electron chi connectivity index (χ0n) is 15.2. The monoisotopic (exact) mass is 432 g/mol. The van der Waals surface area contributed by atoms with Gasteiger partial charge in [0.15, 0.2) is 5.82 Å². The van der Waals surface area contributed by atoms with E-state index in [0.717, 1.165) is 43.2 Å². The highest BCUT2D eigenvalue weighted by molar-refractivity contribution is 9.10. The van der Waals surface area contributed by atoms with Gasteiger partial charge < -0.3 is 15.2 Å². The number of nitrogen functional groups attached to an aromatic ring is 1. The van der Waals surface area contributed by atoms with Gasteiger partial charge in [0, 0.05) is 36.3 Å². The van der Waals surface area contributed by atoms with Gasteiger partial charge in [0.2, 0.25) is 5.95 Å². The minimum Gasteiger partial charge on any atom is -0.368 e. The van der Waals surface area contributed by atoms with Crippen LogP contribution in [-0.4, -0.2) is 44.1 Å². The molecule has 1 atom stereocenters. The Morgan fingerprint density at radius 1 is 1.33 bits per heavy atom. The molecule has 6 nitrogen and oxygen atoms in total. The summed E-state index contributed by atoms with van der Waals surface area (Å²) in [5, 5.41) is 0.904. The Balaban J connectivity index is 1.78. The fourth-order valence-corrected chi connectivity index (χ4v) is 4.14. The van der Waals surface area contributed by atoms with E-state index < -0.39 is 5.82 Å². The second-order valence-corrected chi connectivity index (χ2v) is 7.81. The fraction of sp³-hybridized carbons (Fsp3) is 0.421. The molecule has 0 aromatic carbocycles. The van der Waals surface area contributed by atoms with Crippen molar-refractivity contribution in [1.82, 2.24) is 24.4 Å². The number of anilines is 1. The smallest absolute Gasteiger partial charge is 0.220 e. The number of nitrogens with zero attached hydrogens (tertiary/aromatic N) is 5. The number of hydrogen-bond donors (Lipinski definition) is 1. The number of nitrogens with two attached hydrogens (primary N) is 1. The van der Waals surface area contributed by atoms with E-state index in [0.29, 0.717) is 16.2 Å². The van der Waals surface area contributed by atoms with Crippen LogP contribution in [0.15, 0.2) is 29.3 Å². The topological polar surface area (TPSA) is 72.9 Å². The molecule has 1 saturated heterocycles. The zero-order valence-corrected chi connectivity index (χ0v) is 16.8. The van der Waals surface area contributed by atoms with E-state index in [2.05, 4.69) is 47.3 Å². The van der Waals surface area contributed by atoms with Gasteiger partial charge in [-0.1, -0.05) is 13.3 Å². The van der Waals surface area contributed by atoms with E-state index in [1.54, 1.807) is 0 Å². The largest absolute Gasteiger partial charge is 0.368 e. The van der Waals surface area contributed by atoms with E-state index >= 15 is 0 Å². The molecule has 3 aromatic heterocycles. The van der Waals surface area contributed by atoms with Crippen LogP contribution in [0.3, 0.4) is 0 Å². The zero-order chi connectivity index (χ0) is 19.0. The first-order chi connectivity index (χ1) is 13.1. The van der Waals surface area contributed by atoms with Crippen molar-refractivity contribution in [2.45, 2.75) is 32.2 Å². The first kappa shape index (κ1) is 18.3. The van der Waals surface area contributed by atoms with Crippen LogP contribution in [-0.2, 0) is 0 Å². The number of fused-ring (bicyclic) bond motifs is 1. The first-order valence-corrected chi connectivity index (χ1v) is 10.0. The summed E-state index contributed by atoms with van der Waals surface area (Å²) in [6.07, 6.45) is 8.42. The van der Waals surface area contributed by atoms with Crippen molar-refractivity contribution in [2.75, 3.05) is 25.4 Å². The van der Waals surface area contributed by atoms with Gasteiger partial charge in [-0.15, -0.1) is 0 Å². The predicted molar refractivity (Wildman–Crippen MR) is 108 cm³/mol. The summed E-state index contributed by atoms with van der Waals surface area (Å²) in [5.41, 5.74) is 7.63. The molecule has 1 fully saturated rings. The highest BCUT2D eigenvalue weighted by atomic mass is 79.9. The maximum Gasteiger partial charge on any atom is 0.220 e. The molecular formula is C19H22BrFN6. The molecule has 0 amide bonds. The molecule has 0 saturated carbocycles. The molecule has 1 aliphatic heterocycles. The number of hydrogen-bond acceptors (Lipinski definition) is 5. The number of unbranched alkanes of at least 4 members (excludes halogenated alkanes) is 1. The predicted octanol–water partition coefficient (Wildman–Crippen LogP) is 4.02. The van der Waals surface area contributed by atoms with Crippen LogP contribution in [0.5, 0.6) is 0 Å². The van der Waals surface area contributed by atoms with Crippen LogP contribution in [0.4, 0.5) is 10.3 Å². The maximum atomic E-state index is 14.4. The minimum atomic E-state index is -0.479. The lowest BCUT2D eigenvalue weighted by Gasteiger charge is -2.17. The SMILES string of the molecule is CCCCN1CCC(n2cc(-c3nc(N)ncc3F)c3cc(Br)ncc32)C1. The second-order valence-electron chi connectivity index (χ2n) is 7.00. The third-order valence-electron chi connectivity index (χ3n) is 5.17. The standard InChI is InChI=1S/C19H22BrFN6/c1-2-3-5-26-6-4-12(10-26)27-11-14(13-7-17(20)23-9-16(13)27)18-15(21)8-24-19(22)25-18/h7-9,11-12H,2-6,10H2,1H3,(H2,22,24,25). The summed E-state index contributed by atoms with van der Waals surface area (Å²) in [6.45, 7) is 5.41. The molecule has 2 N–H and O–H groups in total. The normalized spacial score (nSPS) is 17.8. The summed E-state index contributed by atoms with van der Waals surface area (Å²) in [6, 6.07) is 2.24. The van der Waals surface area contributed by atoms with Gasteiger partial charge >= 0.3 is 0 Å². The maximum absolute atomic E-state index is 14.4. The highest BCUT2D eigenvalue weighted by Gasteiger charge is 2.26. The molecule has 4 heterocycles. The molecule has 0 spiro atoms. The minimum absolute atomic E-state index is 0.0621. The molecule has 4 rings (SSSR count). The highest BCUT2D eigenvalue weighted by Crippen LogP contribution is 2.36. The lowest BCUT2D eigenvalue weighted by atomic mass is 10.1. The molecule has 0 radical (unpaired) electrons. The van der Waals surface area contributed by atoms with Gasteiger partial charge in [0.05, 0.1) is 17.9 Å². The van der Waals surface area contributed by atoms with Gasteiger partial charge in [0.1, 0.15) is 10.3 Å². The third kappa shape index (κ3) is 3.55. The van der Waals surface area contributed by atoms with Gasteiger partial charge in [-0.2, -0.15) is 0 Å². The van der Waals surface area contributed by atoms with Crippen molar-refractivity contribution < 1.29 is 4.39 Å². The summed E-state index contributed by atoms with van der Waals surface area (Å²) in [4.78, 5) is 14.8. The van der Waals surface area contributed by atoms with E-state index in [-0.39, 0.29) is 11.6 Å². The number of rotatable bonds is 5. The fourth-order valence-electron chi connectivity index (χ4n) is 3.81. The van der Waals surface area contributed by atoms with E-state index in [4.69, 9.17) is 5.73 Å². The molecule has 8 heteroatoms. The van der Waals surface area contributed by atoms with Crippen LogP contribution in [0.1, 0.15) is 32.2 Å². The van der Waals surface area contributed by atoms with Gasteiger partial charge in [-0.05, 0) is 41.4 Å². The summed E-state index contributed by atoms with van der Waals surface area (Å²) in [7, 11) is 0. The Labute approximate surface area is 165 Å². The lowest BCUT2D eigenvalue weighted by Crippen LogP contribution is -2.22. The molecule has 0 bridgehead atoms. The molecule has 0 aliphatic carbocycles. The van der Waals surface area contributed by atoms with E-state index in [1.807, 2.05) is 18.5 Å². The average molecular weight is 433 g/mol. The lowest BCUT2D eigenvalue weighted by molar-refractivity contribution is 0.319. The Kier molecular flexibility index (Phi) is 5.10. The van der Waals surface area contributed by atoms with Gasteiger partial charge in [0.25, 0.3) is 0 Å². The van der Waals surface area contributed by atoms with Crippen molar-refractivity contribution in [3.8, 4) is 11.3 Å². The average Bonchev–Trinajstić information content (AvgIpc) is 3.26. The Hall–Kier alpha value is -2.06. The Morgan fingerprint density at radius 3 is 3.00 bits per heavy atom. The molecule has 1 unspecified atom stereocenters. The summed E-state index contributed by atoms with van der Waals surface area (Å²) >= 11 is 3.42. The van der Waals surface area contributed by atoms with Crippen LogP contribution in [0.25, 0.3) is 22.2 Å². The van der Waals surface area contributed by atoms with Crippen molar-refractivity contribution in [1.29, 1.82) is 0 Å². The Bertz CT molecular complexity index is 972. The number of halogens is 2. The summed E-state index contributed by atoms with van der Waals surface area (Å²) in [5.74, 6) is -0.417.